The van der Waals surface area contributed by atoms with Crippen molar-refractivity contribution >= 4 is 0 Å². The maximum atomic E-state index is 6.14. The standard InChI is InChI=1S/C11H19N3/c1-5-9-7-10(11(4,12)6-2)14-8(3)13-9/h7H,5-6,12H2,1-4H3. The Balaban J connectivity index is 3.15. The fraction of sp³-hybridized carbons (Fsp3) is 0.636. The molecule has 0 aliphatic carbocycles. The van der Waals surface area contributed by atoms with Crippen molar-refractivity contribution in [3.8, 4) is 0 Å². The van der Waals surface area contributed by atoms with E-state index >= 15 is 0 Å². The molecule has 0 aromatic carbocycles. The van der Waals surface area contributed by atoms with Gasteiger partial charge < -0.3 is 5.73 Å². The van der Waals surface area contributed by atoms with Crippen LogP contribution in [-0.2, 0) is 12.0 Å². The van der Waals surface area contributed by atoms with Crippen LogP contribution in [0.5, 0.6) is 0 Å². The number of aryl methyl sites for hydroxylation is 2. The van der Waals surface area contributed by atoms with E-state index in [0.29, 0.717) is 0 Å². The topological polar surface area (TPSA) is 51.8 Å². The highest BCUT2D eigenvalue weighted by Crippen LogP contribution is 2.19. The summed E-state index contributed by atoms with van der Waals surface area (Å²) in [6.07, 6.45) is 1.81. The van der Waals surface area contributed by atoms with Crippen molar-refractivity contribution in [1.29, 1.82) is 0 Å². The van der Waals surface area contributed by atoms with Crippen molar-refractivity contribution in [1.82, 2.24) is 9.97 Å². The third-order valence-electron chi connectivity index (χ3n) is 2.57. The van der Waals surface area contributed by atoms with Crippen LogP contribution in [0.1, 0.15) is 44.4 Å². The fourth-order valence-electron chi connectivity index (χ4n) is 1.28. The molecule has 3 heteroatoms. The number of nitrogens with zero attached hydrogens (tertiary/aromatic N) is 2. The average Bonchev–Trinajstić information content (AvgIpc) is 2.16. The molecule has 0 saturated heterocycles. The molecule has 0 fully saturated rings. The molecule has 0 bridgehead atoms. The molecule has 0 aliphatic rings. The lowest BCUT2D eigenvalue weighted by Gasteiger charge is -2.22. The van der Waals surface area contributed by atoms with Gasteiger partial charge in [-0.05, 0) is 32.8 Å². The van der Waals surface area contributed by atoms with Gasteiger partial charge in [0, 0.05) is 5.69 Å². The van der Waals surface area contributed by atoms with Crippen LogP contribution in [0, 0.1) is 6.92 Å². The van der Waals surface area contributed by atoms with E-state index in [1.54, 1.807) is 0 Å². The van der Waals surface area contributed by atoms with Crippen LogP contribution in [0.2, 0.25) is 0 Å². The van der Waals surface area contributed by atoms with Crippen molar-refractivity contribution in [3.05, 3.63) is 23.3 Å². The second kappa shape index (κ2) is 4.05. The molecule has 1 aromatic rings. The highest BCUT2D eigenvalue weighted by molar-refractivity contribution is 5.18. The molecule has 1 heterocycles. The molecule has 1 aromatic heterocycles. The molecule has 0 saturated carbocycles. The minimum absolute atomic E-state index is 0.336. The molecule has 78 valence electrons. The van der Waals surface area contributed by atoms with Gasteiger partial charge in [0.05, 0.1) is 11.2 Å². The van der Waals surface area contributed by atoms with Crippen LogP contribution in [0.25, 0.3) is 0 Å². The van der Waals surface area contributed by atoms with Crippen LogP contribution in [0.3, 0.4) is 0 Å². The lowest BCUT2D eigenvalue weighted by molar-refractivity contribution is 0.458. The Hall–Kier alpha value is -0.960. The summed E-state index contributed by atoms with van der Waals surface area (Å²) in [5, 5.41) is 0. The summed E-state index contributed by atoms with van der Waals surface area (Å²) < 4.78 is 0. The summed E-state index contributed by atoms with van der Waals surface area (Å²) in [7, 11) is 0. The first-order valence-electron chi connectivity index (χ1n) is 5.13. The molecule has 1 rings (SSSR count). The molecular weight excluding hydrogens is 174 g/mol. The Morgan fingerprint density at radius 3 is 2.50 bits per heavy atom. The first kappa shape index (κ1) is 11.1. The van der Waals surface area contributed by atoms with Gasteiger partial charge in [-0.15, -0.1) is 0 Å². The van der Waals surface area contributed by atoms with Gasteiger partial charge in [-0.1, -0.05) is 13.8 Å². The number of hydrogen-bond acceptors (Lipinski definition) is 3. The first-order valence-corrected chi connectivity index (χ1v) is 5.13. The molecule has 0 aliphatic heterocycles. The molecule has 1 unspecified atom stereocenters. The van der Waals surface area contributed by atoms with E-state index in [1.807, 2.05) is 19.9 Å². The zero-order chi connectivity index (χ0) is 10.8. The summed E-state index contributed by atoms with van der Waals surface area (Å²) in [6, 6.07) is 2.01. The van der Waals surface area contributed by atoms with Crippen molar-refractivity contribution in [2.75, 3.05) is 0 Å². The van der Waals surface area contributed by atoms with Crippen LogP contribution in [0.4, 0.5) is 0 Å². The van der Waals surface area contributed by atoms with Crippen molar-refractivity contribution in [2.24, 2.45) is 5.73 Å². The van der Waals surface area contributed by atoms with Crippen molar-refractivity contribution < 1.29 is 0 Å². The molecule has 0 radical (unpaired) electrons. The van der Waals surface area contributed by atoms with E-state index in [1.165, 1.54) is 0 Å². The maximum absolute atomic E-state index is 6.14. The largest absolute Gasteiger partial charge is 0.320 e. The van der Waals surface area contributed by atoms with Gasteiger partial charge in [-0.3, -0.25) is 0 Å². The summed E-state index contributed by atoms with van der Waals surface area (Å²) in [4.78, 5) is 8.72. The highest BCUT2D eigenvalue weighted by Gasteiger charge is 2.21. The number of hydrogen-bond donors (Lipinski definition) is 1. The molecule has 3 nitrogen and oxygen atoms in total. The SMILES string of the molecule is CCc1cc(C(C)(N)CC)nc(C)n1. The first-order chi connectivity index (χ1) is 6.49. The van der Waals surface area contributed by atoms with Crippen LogP contribution < -0.4 is 5.73 Å². The van der Waals surface area contributed by atoms with E-state index in [9.17, 15) is 0 Å². The lowest BCUT2D eigenvalue weighted by atomic mass is 9.95. The maximum Gasteiger partial charge on any atom is 0.125 e. The fourth-order valence-corrected chi connectivity index (χ4v) is 1.28. The summed E-state index contributed by atoms with van der Waals surface area (Å²) >= 11 is 0. The van der Waals surface area contributed by atoms with E-state index < -0.39 is 0 Å². The monoisotopic (exact) mass is 193 g/mol. The Morgan fingerprint density at radius 1 is 1.36 bits per heavy atom. The second-order valence-electron chi connectivity index (χ2n) is 3.92. The highest BCUT2D eigenvalue weighted by atomic mass is 14.9. The van der Waals surface area contributed by atoms with Gasteiger partial charge in [0.1, 0.15) is 5.82 Å². The lowest BCUT2D eigenvalue weighted by Crippen LogP contribution is -2.33. The zero-order valence-corrected chi connectivity index (χ0v) is 9.46. The molecule has 2 N–H and O–H groups in total. The third kappa shape index (κ3) is 2.29. The Morgan fingerprint density at radius 2 is 2.00 bits per heavy atom. The van der Waals surface area contributed by atoms with E-state index in [-0.39, 0.29) is 5.54 Å². The molecule has 14 heavy (non-hydrogen) atoms. The average molecular weight is 193 g/mol. The Labute approximate surface area is 85.8 Å². The van der Waals surface area contributed by atoms with Gasteiger partial charge in [-0.25, -0.2) is 9.97 Å². The van der Waals surface area contributed by atoms with E-state index in [0.717, 1.165) is 30.1 Å². The van der Waals surface area contributed by atoms with Gasteiger partial charge in [0.2, 0.25) is 0 Å². The van der Waals surface area contributed by atoms with Gasteiger partial charge >= 0.3 is 0 Å². The Bertz CT molecular complexity index is 318. The van der Waals surface area contributed by atoms with Crippen LogP contribution >= 0.6 is 0 Å². The van der Waals surface area contributed by atoms with Crippen LogP contribution in [-0.4, -0.2) is 9.97 Å². The molecular formula is C11H19N3. The van der Waals surface area contributed by atoms with Gasteiger partial charge in [0.25, 0.3) is 0 Å². The summed E-state index contributed by atoms with van der Waals surface area (Å²) in [6.45, 7) is 8.08. The third-order valence-corrected chi connectivity index (χ3v) is 2.57. The molecule has 0 spiro atoms. The summed E-state index contributed by atoms with van der Waals surface area (Å²) in [5.74, 6) is 0.810. The minimum atomic E-state index is -0.336. The Kier molecular flexibility index (Phi) is 3.21. The normalized spacial score (nSPS) is 15.2. The predicted molar refractivity (Wildman–Crippen MR) is 58.0 cm³/mol. The van der Waals surface area contributed by atoms with Gasteiger partial charge in [0.15, 0.2) is 0 Å². The van der Waals surface area contributed by atoms with Crippen LogP contribution in [0.15, 0.2) is 6.07 Å². The zero-order valence-electron chi connectivity index (χ0n) is 9.46. The summed E-state index contributed by atoms with van der Waals surface area (Å²) in [5.41, 5.74) is 7.82. The quantitative estimate of drug-likeness (QED) is 0.798. The van der Waals surface area contributed by atoms with Gasteiger partial charge in [-0.2, -0.15) is 0 Å². The predicted octanol–water partition coefficient (Wildman–Crippen LogP) is 1.93. The van der Waals surface area contributed by atoms with Crippen molar-refractivity contribution in [3.63, 3.8) is 0 Å². The molecule has 1 atom stereocenters. The smallest absolute Gasteiger partial charge is 0.125 e. The molecule has 0 amide bonds. The van der Waals surface area contributed by atoms with E-state index in [2.05, 4.69) is 23.8 Å². The number of nitrogens with two attached hydrogens (primary N) is 1. The number of aromatic nitrogens is 2. The van der Waals surface area contributed by atoms with E-state index in [4.69, 9.17) is 5.73 Å². The minimum Gasteiger partial charge on any atom is -0.320 e. The second-order valence-corrected chi connectivity index (χ2v) is 3.92. The van der Waals surface area contributed by atoms with Crippen molar-refractivity contribution in [2.45, 2.75) is 46.1 Å². The number of rotatable bonds is 3.